The first-order chi connectivity index (χ1) is 12.1. The third kappa shape index (κ3) is 5.02. The van der Waals surface area contributed by atoms with Gasteiger partial charge in [-0.2, -0.15) is 0 Å². The minimum absolute atomic E-state index is 0.0235. The number of urea groups is 1. The first kappa shape index (κ1) is 20.3. The minimum Gasteiger partial charge on any atom is -0.469 e. The van der Waals surface area contributed by atoms with Gasteiger partial charge in [-0.05, 0) is 40.5 Å². The summed E-state index contributed by atoms with van der Waals surface area (Å²) >= 11 is 0. The van der Waals surface area contributed by atoms with Gasteiger partial charge in [0.2, 0.25) is 0 Å². The zero-order valence-corrected chi connectivity index (χ0v) is 16.5. The highest BCUT2D eigenvalue weighted by atomic mass is 16.6. The largest absolute Gasteiger partial charge is 0.469 e. The molecular formula is C18H31N3O5. The van der Waals surface area contributed by atoms with Crippen molar-refractivity contribution in [2.75, 3.05) is 39.8 Å². The highest BCUT2D eigenvalue weighted by Gasteiger charge is 2.35. The second kappa shape index (κ2) is 8.14. The van der Waals surface area contributed by atoms with Crippen LogP contribution in [-0.2, 0) is 14.3 Å². The number of hydrogen-bond acceptors (Lipinski definition) is 5. The van der Waals surface area contributed by atoms with Crippen LogP contribution in [0.25, 0.3) is 0 Å². The molecule has 148 valence electrons. The second-order valence-electron chi connectivity index (χ2n) is 8.04. The molecule has 2 heterocycles. The number of carbonyl (C=O) groups excluding carboxylic acids is 3. The molecule has 2 fully saturated rings. The molecular weight excluding hydrogens is 338 g/mol. The Morgan fingerprint density at radius 1 is 0.962 bits per heavy atom. The van der Waals surface area contributed by atoms with Crippen LogP contribution in [-0.4, -0.2) is 84.3 Å². The van der Waals surface area contributed by atoms with Gasteiger partial charge in [0.15, 0.2) is 0 Å². The Morgan fingerprint density at radius 2 is 1.58 bits per heavy atom. The van der Waals surface area contributed by atoms with Crippen molar-refractivity contribution < 1.29 is 23.9 Å². The molecule has 0 aromatic heterocycles. The maximum atomic E-state index is 12.8. The molecule has 2 rings (SSSR count). The molecule has 8 heteroatoms. The van der Waals surface area contributed by atoms with Crippen molar-refractivity contribution in [3.05, 3.63) is 0 Å². The van der Waals surface area contributed by atoms with Crippen LogP contribution < -0.4 is 0 Å². The van der Waals surface area contributed by atoms with Crippen LogP contribution in [0.3, 0.4) is 0 Å². The van der Waals surface area contributed by atoms with Crippen LogP contribution in [0.5, 0.6) is 0 Å². The van der Waals surface area contributed by atoms with Crippen LogP contribution in [0.4, 0.5) is 9.59 Å². The lowest BCUT2D eigenvalue weighted by atomic mass is 9.97. The monoisotopic (exact) mass is 369 g/mol. The first-order valence-electron chi connectivity index (χ1n) is 9.23. The van der Waals surface area contributed by atoms with E-state index in [4.69, 9.17) is 9.47 Å². The Labute approximate surface area is 155 Å². The third-order valence-corrected chi connectivity index (χ3v) is 4.82. The number of hydrogen-bond donors (Lipinski definition) is 0. The lowest BCUT2D eigenvalue weighted by molar-refractivity contribution is -0.146. The van der Waals surface area contributed by atoms with Gasteiger partial charge in [0.25, 0.3) is 0 Å². The summed E-state index contributed by atoms with van der Waals surface area (Å²) in [7, 11) is 1.39. The summed E-state index contributed by atoms with van der Waals surface area (Å²) in [4.78, 5) is 41.9. The maximum absolute atomic E-state index is 12.8. The number of piperazine rings is 1. The highest BCUT2D eigenvalue weighted by molar-refractivity contribution is 5.77. The standard InChI is InChI=1S/C18H31N3O5/c1-13-12-20(17(24)26-18(2,3)4)10-11-21(13)16(23)19-8-6-14(7-9-19)15(22)25-5/h13-14H,6-12H2,1-5H3. The summed E-state index contributed by atoms with van der Waals surface area (Å²) in [6, 6.07) is -0.105. The number of likely N-dealkylation sites (tertiary alicyclic amines) is 1. The Kier molecular flexibility index (Phi) is 6.36. The molecule has 2 aliphatic heterocycles. The zero-order chi connectivity index (χ0) is 19.5. The van der Waals surface area contributed by atoms with Gasteiger partial charge in [0, 0.05) is 38.8 Å². The molecule has 0 N–H and O–H groups in total. The number of esters is 1. The van der Waals surface area contributed by atoms with Gasteiger partial charge in [-0.3, -0.25) is 4.79 Å². The molecule has 8 nitrogen and oxygen atoms in total. The summed E-state index contributed by atoms with van der Waals surface area (Å²) in [6.45, 7) is 9.97. The topological polar surface area (TPSA) is 79.4 Å². The number of rotatable bonds is 1. The van der Waals surface area contributed by atoms with E-state index >= 15 is 0 Å². The summed E-state index contributed by atoms with van der Waals surface area (Å²) in [6.07, 6.45) is 0.922. The van der Waals surface area contributed by atoms with E-state index in [0.717, 1.165) is 0 Å². The molecule has 2 saturated heterocycles. The molecule has 0 bridgehead atoms. The van der Waals surface area contributed by atoms with E-state index in [1.54, 1.807) is 14.7 Å². The van der Waals surface area contributed by atoms with Gasteiger partial charge in [-0.1, -0.05) is 0 Å². The lowest BCUT2D eigenvalue weighted by Gasteiger charge is -2.43. The van der Waals surface area contributed by atoms with Crippen LogP contribution >= 0.6 is 0 Å². The van der Waals surface area contributed by atoms with Crippen molar-refractivity contribution in [2.24, 2.45) is 5.92 Å². The van der Waals surface area contributed by atoms with E-state index in [1.165, 1.54) is 7.11 Å². The molecule has 0 saturated carbocycles. The fourth-order valence-electron chi connectivity index (χ4n) is 3.39. The predicted molar refractivity (Wildman–Crippen MR) is 95.7 cm³/mol. The smallest absolute Gasteiger partial charge is 0.410 e. The van der Waals surface area contributed by atoms with Crippen LogP contribution in [0.15, 0.2) is 0 Å². The molecule has 0 aromatic rings. The average Bonchev–Trinajstić information content (AvgIpc) is 2.59. The Bertz CT molecular complexity index is 537. The fourth-order valence-corrected chi connectivity index (χ4v) is 3.39. The normalized spacial score (nSPS) is 22.2. The van der Waals surface area contributed by atoms with Crippen molar-refractivity contribution in [1.82, 2.24) is 14.7 Å². The average molecular weight is 369 g/mol. The van der Waals surface area contributed by atoms with E-state index in [9.17, 15) is 14.4 Å². The Morgan fingerprint density at radius 3 is 2.08 bits per heavy atom. The molecule has 3 amide bonds. The number of ether oxygens (including phenoxy) is 2. The SMILES string of the molecule is COC(=O)C1CCN(C(=O)N2CCN(C(=O)OC(C)(C)C)CC2C)CC1. The van der Waals surface area contributed by atoms with Gasteiger partial charge >= 0.3 is 18.1 Å². The number of nitrogens with zero attached hydrogens (tertiary/aromatic N) is 3. The summed E-state index contributed by atoms with van der Waals surface area (Å²) < 4.78 is 10.2. The zero-order valence-electron chi connectivity index (χ0n) is 16.5. The van der Waals surface area contributed by atoms with Gasteiger partial charge in [-0.15, -0.1) is 0 Å². The van der Waals surface area contributed by atoms with Gasteiger partial charge < -0.3 is 24.2 Å². The van der Waals surface area contributed by atoms with Crippen LogP contribution in [0.2, 0.25) is 0 Å². The van der Waals surface area contributed by atoms with E-state index < -0.39 is 5.60 Å². The van der Waals surface area contributed by atoms with Crippen molar-refractivity contribution >= 4 is 18.1 Å². The minimum atomic E-state index is -0.531. The molecule has 0 aromatic carbocycles. The van der Waals surface area contributed by atoms with Crippen molar-refractivity contribution in [3.63, 3.8) is 0 Å². The Balaban J connectivity index is 1.86. The highest BCUT2D eigenvalue weighted by Crippen LogP contribution is 2.22. The first-order valence-corrected chi connectivity index (χ1v) is 9.23. The molecule has 0 aliphatic carbocycles. The number of piperidine rings is 1. The van der Waals surface area contributed by atoms with Crippen molar-refractivity contribution in [3.8, 4) is 0 Å². The third-order valence-electron chi connectivity index (χ3n) is 4.82. The molecule has 0 spiro atoms. The molecule has 2 aliphatic rings. The fraction of sp³-hybridized carbons (Fsp3) is 0.833. The number of amides is 3. The van der Waals surface area contributed by atoms with Gasteiger partial charge in [0.1, 0.15) is 5.60 Å². The second-order valence-corrected chi connectivity index (χ2v) is 8.04. The molecule has 26 heavy (non-hydrogen) atoms. The van der Waals surface area contributed by atoms with Crippen molar-refractivity contribution in [1.29, 1.82) is 0 Å². The quantitative estimate of drug-likeness (QED) is 0.660. The predicted octanol–water partition coefficient (Wildman–Crippen LogP) is 1.93. The van der Waals surface area contributed by atoms with Crippen LogP contribution in [0, 0.1) is 5.92 Å². The van der Waals surface area contributed by atoms with E-state index in [2.05, 4.69) is 0 Å². The number of methoxy groups -OCH3 is 1. The van der Waals surface area contributed by atoms with Gasteiger partial charge in [-0.25, -0.2) is 9.59 Å². The number of carbonyl (C=O) groups is 3. The maximum Gasteiger partial charge on any atom is 0.410 e. The lowest BCUT2D eigenvalue weighted by Crippen LogP contribution is -2.59. The molecule has 1 unspecified atom stereocenters. The van der Waals surface area contributed by atoms with E-state index in [-0.39, 0.29) is 30.1 Å². The van der Waals surface area contributed by atoms with E-state index in [1.807, 2.05) is 27.7 Å². The van der Waals surface area contributed by atoms with E-state index in [0.29, 0.717) is 45.6 Å². The van der Waals surface area contributed by atoms with Crippen LogP contribution in [0.1, 0.15) is 40.5 Å². The van der Waals surface area contributed by atoms with Crippen molar-refractivity contribution in [2.45, 2.75) is 52.2 Å². The van der Waals surface area contributed by atoms with Gasteiger partial charge in [0.05, 0.1) is 13.0 Å². The summed E-state index contributed by atoms with van der Waals surface area (Å²) in [5, 5.41) is 0. The molecule has 0 radical (unpaired) electrons. The molecule has 1 atom stereocenters. The Hall–Kier alpha value is -1.99. The summed E-state index contributed by atoms with van der Waals surface area (Å²) in [5.41, 5.74) is -0.531. The summed E-state index contributed by atoms with van der Waals surface area (Å²) in [5.74, 6) is -0.318.